The molecule has 0 atom stereocenters. The Labute approximate surface area is 587 Å². The van der Waals surface area contributed by atoms with Gasteiger partial charge in [0.15, 0.2) is 29.4 Å². The fourth-order valence-electron chi connectivity index (χ4n) is 8.70. The van der Waals surface area contributed by atoms with Crippen LogP contribution < -0.4 is 0 Å². The third-order valence-electron chi connectivity index (χ3n) is 12.7. The van der Waals surface area contributed by atoms with Crippen LogP contribution in [0.4, 0.5) is 0 Å². The molecule has 12 rings (SSSR count). The largest absolute Gasteiger partial charge is 0.166 e. The van der Waals surface area contributed by atoms with Crippen molar-refractivity contribution in [3.05, 3.63) is 301 Å². The Balaban J connectivity index is -0.000000341. The summed E-state index contributed by atoms with van der Waals surface area (Å²) >= 11 is 0. The van der Waals surface area contributed by atoms with Crippen LogP contribution in [0.15, 0.2) is 308 Å². The molecule has 0 aliphatic rings. The minimum absolute atomic E-state index is 0. The van der Waals surface area contributed by atoms with Gasteiger partial charge in [-0.05, 0) is 190 Å². The molecular formula is C92H132S2+2. The van der Waals surface area contributed by atoms with Gasteiger partial charge in [-0.15, -0.1) is 0 Å². The summed E-state index contributed by atoms with van der Waals surface area (Å²) in [5, 5.41) is 10.7. The summed E-state index contributed by atoms with van der Waals surface area (Å²) in [7, 11) is -0.0293. The van der Waals surface area contributed by atoms with Crippen molar-refractivity contribution < 1.29 is 1.43 Å². The smallest absolute Gasteiger partial charge is 0.0683 e. The molecule has 94 heavy (non-hydrogen) atoms. The standard InChI is InChI=1S/2C18H15S.2C16H14.12C2H6.H2/c2*1-4-10-16(11-5-1)19(17-12-6-2-7-13-17)18-14-8-3-9-15-18;2*1-11-7-8-15-9-13-5-3-4-6-14(13)10-16(15)12(11)2;12*1-2;/h2*1-15H;2*3-10H,1-2H3;12*1-2H3;1H/q2*+1;;;;;;;;;;;;;;;/i;;;;;;;;;;;;;;;;1+1. The first-order chi connectivity index (χ1) is 46.4. The van der Waals surface area contributed by atoms with E-state index in [-0.39, 0.29) is 23.2 Å². The average molecular weight is 1300 g/mol. The Morgan fingerprint density at radius 2 is 0.330 bits per heavy atom. The van der Waals surface area contributed by atoms with E-state index in [1.807, 2.05) is 166 Å². The maximum atomic E-state index is 2.30. The Morgan fingerprint density at radius 3 is 0.511 bits per heavy atom. The summed E-state index contributed by atoms with van der Waals surface area (Å²) in [6.45, 7) is 56.7. The second kappa shape index (κ2) is 62.8. The van der Waals surface area contributed by atoms with E-state index >= 15 is 0 Å². The summed E-state index contributed by atoms with van der Waals surface area (Å²) < 4.78 is 0. The molecule has 12 aromatic carbocycles. The van der Waals surface area contributed by atoms with Crippen LogP contribution in [0.25, 0.3) is 43.1 Å². The third kappa shape index (κ3) is 31.5. The molecule has 0 saturated carbocycles. The lowest BCUT2D eigenvalue weighted by atomic mass is 9.97. The minimum Gasteiger partial charge on any atom is -0.0683 e. The molecule has 0 fully saturated rings. The fraction of sp³-hybridized carbons (Fsp3) is 0.304. The Bertz CT molecular complexity index is 3140. The Morgan fingerprint density at radius 1 is 0.170 bits per heavy atom. The van der Waals surface area contributed by atoms with Crippen LogP contribution >= 0.6 is 0 Å². The van der Waals surface area contributed by atoms with Crippen LogP contribution in [0.1, 0.15) is 190 Å². The molecule has 0 amide bonds. The van der Waals surface area contributed by atoms with Crippen molar-refractivity contribution in [2.45, 2.75) is 223 Å². The first kappa shape index (κ1) is 92.8. The minimum atomic E-state index is -0.0146. The molecule has 0 aromatic heterocycles. The molecule has 0 radical (unpaired) electrons. The van der Waals surface area contributed by atoms with E-state index in [0.29, 0.717) is 0 Å². The first-order valence-electron chi connectivity index (χ1n) is 36.0. The molecule has 12 aromatic rings. The van der Waals surface area contributed by atoms with Crippen molar-refractivity contribution in [2.24, 2.45) is 0 Å². The second-order valence-electron chi connectivity index (χ2n) is 17.3. The van der Waals surface area contributed by atoms with E-state index in [1.54, 1.807) is 0 Å². The van der Waals surface area contributed by atoms with Gasteiger partial charge in [0, 0.05) is 1.43 Å². The normalized spacial score (nSPS) is 8.83. The molecule has 0 spiro atoms. The summed E-state index contributed by atoms with van der Waals surface area (Å²) in [6, 6.07) is 99.4. The van der Waals surface area contributed by atoms with Gasteiger partial charge < -0.3 is 0 Å². The molecule has 0 aliphatic carbocycles. The van der Waals surface area contributed by atoms with Crippen LogP contribution in [0.5, 0.6) is 0 Å². The predicted octanol–water partition coefficient (Wildman–Crippen LogP) is 31.3. The van der Waals surface area contributed by atoms with Gasteiger partial charge in [-0.25, -0.2) is 0 Å². The summed E-state index contributed by atoms with van der Waals surface area (Å²) in [5.74, 6) is 0. The lowest BCUT2D eigenvalue weighted by Crippen LogP contribution is -2.04. The van der Waals surface area contributed by atoms with Gasteiger partial charge in [-0.2, -0.15) is 0 Å². The highest BCUT2D eigenvalue weighted by molar-refractivity contribution is 7.97. The molecule has 0 aliphatic heterocycles. The molecule has 0 heterocycles. The second-order valence-corrected chi connectivity index (χ2v) is 21.4. The first-order valence-corrected chi connectivity index (χ1v) is 38.4. The zero-order valence-corrected chi connectivity index (χ0v) is 66.0. The van der Waals surface area contributed by atoms with Crippen molar-refractivity contribution in [3.8, 4) is 0 Å². The number of fused-ring (bicyclic) bond motifs is 4. The fourth-order valence-corrected chi connectivity index (χ4v) is 12.9. The maximum absolute atomic E-state index is 2.30. The summed E-state index contributed by atoms with van der Waals surface area (Å²) in [5.41, 5.74) is 5.51. The molecular weight excluding hydrogens is 1170 g/mol. The van der Waals surface area contributed by atoms with Crippen LogP contribution in [-0.4, -0.2) is 0 Å². The lowest BCUT2D eigenvalue weighted by Gasteiger charge is -2.07. The third-order valence-corrected chi connectivity index (χ3v) is 17.2. The van der Waals surface area contributed by atoms with E-state index in [4.69, 9.17) is 0 Å². The average Bonchev–Trinajstić information content (AvgIpc) is 0.861. The zero-order chi connectivity index (χ0) is 72.1. The molecule has 0 unspecified atom stereocenters. The molecule has 0 nitrogen and oxygen atoms in total. The van der Waals surface area contributed by atoms with Gasteiger partial charge in [0.2, 0.25) is 0 Å². The highest BCUT2D eigenvalue weighted by Crippen LogP contribution is 2.33. The van der Waals surface area contributed by atoms with Crippen molar-refractivity contribution >= 4 is 64.9 Å². The van der Waals surface area contributed by atoms with Gasteiger partial charge >= 0.3 is 0 Å². The molecule has 0 bridgehead atoms. The van der Waals surface area contributed by atoms with Gasteiger partial charge in [0.1, 0.15) is 0 Å². The SMILES string of the molecule is CC.CC.CC.CC.CC.CC.CC.CC.CC.CC.CC.CC.Cc1ccc2cc3ccccc3cc2c1C.Cc1ccc2cc3ccccc3cc2c1C.[2HH].c1ccc([S+](c2ccccc2)c2ccccc2)cc1.c1ccc([S+](c2ccccc2)c2ccccc2)cc1. The van der Waals surface area contributed by atoms with E-state index in [0.717, 1.165) is 0 Å². The van der Waals surface area contributed by atoms with Gasteiger partial charge in [-0.1, -0.05) is 348 Å². The predicted molar refractivity (Wildman–Crippen MR) is 443 cm³/mol. The molecule has 510 valence electrons. The van der Waals surface area contributed by atoms with Crippen molar-refractivity contribution in [2.75, 3.05) is 0 Å². The lowest BCUT2D eigenvalue weighted by molar-refractivity contribution is 1.32. The summed E-state index contributed by atoms with van der Waals surface area (Å²) in [6.07, 6.45) is 0. The van der Waals surface area contributed by atoms with Gasteiger partial charge in [-0.3, -0.25) is 0 Å². The van der Waals surface area contributed by atoms with E-state index in [1.165, 1.54) is 94.7 Å². The van der Waals surface area contributed by atoms with Crippen molar-refractivity contribution in [1.29, 1.82) is 0 Å². The van der Waals surface area contributed by atoms with Crippen molar-refractivity contribution in [1.82, 2.24) is 0 Å². The number of benzene rings is 12. The quantitative estimate of drug-likeness (QED) is 0.115. The van der Waals surface area contributed by atoms with E-state index < -0.39 is 0 Å². The van der Waals surface area contributed by atoms with E-state index in [2.05, 4.69) is 307 Å². The topological polar surface area (TPSA) is 0 Å². The highest BCUT2D eigenvalue weighted by atomic mass is 32.2. The Hall–Kier alpha value is -7.62. The zero-order valence-electron chi connectivity index (χ0n) is 64.4. The summed E-state index contributed by atoms with van der Waals surface area (Å²) in [4.78, 5) is 8.17. The number of rotatable bonds is 6. The van der Waals surface area contributed by atoms with Gasteiger partial charge in [0.25, 0.3) is 0 Å². The van der Waals surface area contributed by atoms with E-state index in [9.17, 15) is 0 Å². The van der Waals surface area contributed by atoms with Crippen LogP contribution in [0.3, 0.4) is 0 Å². The van der Waals surface area contributed by atoms with Crippen LogP contribution in [0.2, 0.25) is 0 Å². The maximum Gasteiger partial charge on any atom is 0.166 e. The van der Waals surface area contributed by atoms with Gasteiger partial charge in [0.05, 0.1) is 21.8 Å². The number of aryl methyl sites for hydroxylation is 4. The molecule has 0 N–H and O–H groups in total. The number of hydrogen-bond acceptors (Lipinski definition) is 0. The van der Waals surface area contributed by atoms with Crippen molar-refractivity contribution in [3.63, 3.8) is 0 Å². The highest BCUT2D eigenvalue weighted by Gasteiger charge is 2.28. The molecule has 0 saturated heterocycles. The van der Waals surface area contributed by atoms with Crippen LogP contribution in [-0.2, 0) is 21.8 Å². The Kier molecular flexibility index (Phi) is 62.0. The number of hydrogen-bond donors (Lipinski definition) is 0. The van der Waals surface area contributed by atoms with Crippen LogP contribution in [0, 0.1) is 27.7 Å². The monoisotopic (exact) mass is 1300 g/mol. The molecule has 2 heteroatoms.